The fourth-order valence-electron chi connectivity index (χ4n) is 2.47. The molecule has 0 radical (unpaired) electrons. The fourth-order valence-corrected chi connectivity index (χ4v) is 2.47. The van der Waals surface area contributed by atoms with Crippen LogP contribution in [0, 0.1) is 11.7 Å². The zero-order valence-electron chi connectivity index (χ0n) is 12.1. The van der Waals surface area contributed by atoms with Gasteiger partial charge in [-0.1, -0.05) is 45.9 Å². The van der Waals surface area contributed by atoms with Crippen molar-refractivity contribution in [2.75, 3.05) is 13.1 Å². The van der Waals surface area contributed by atoms with Gasteiger partial charge in [0.05, 0.1) is 0 Å². The minimum Gasteiger partial charge on any atom is -0.316 e. The monoisotopic (exact) mass is 251 g/mol. The van der Waals surface area contributed by atoms with E-state index in [1.54, 1.807) is 12.1 Å². The Bertz CT molecular complexity index is 356. The molecule has 0 aromatic heterocycles. The van der Waals surface area contributed by atoms with Crippen molar-refractivity contribution in [2.24, 2.45) is 5.92 Å². The first-order chi connectivity index (χ1) is 8.55. The molecule has 0 aliphatic carbocycles. The van der Waals surface area contributed by atoms with Crippen LogP contribution in [0.5, 0.6) is 0 Å². The highest BCUT2D eigenvalue weighted by Crippen LogP contribution is 2.32. The van der Waals surface area contributed by atoms with Crippen molar-refractivity contribution in [3.8, 4) is 0 Å². The zero-order chi connectivity index (χ0) is 13.6. The van der Waals surface area contributed by atoms with Crippen LogP contribution < -0.4 is 5.32 Å². The van der Waals surface area contributed by atoms with Crippen molar-refractivity contribution in [1.29, 1.82) is 0 Å². The topological polar surface area (TPSA) is 12.0 Å². The largest absolute Gasteiger partial charge is 0.316 e. The van der Waals surface area contributed by atoms with Crippen molar-refractivity contribution in [3.05, 3.63) is 35.6 Å². The molecule has 0 fully saturated rings. The molecule has 0 amide bonds. The molecule has 0 aliphatic rings. The van der Waals surface area contributed by atoms with Crippen LogP contribution >= 0.6 is 0 Å². The Labute approximate surface area is 111 Å². The van der Waals surface area contributed by atoms with E-state index in [4.69, 9.17) is 0 Å². The Kier molecular flexibility index (Phi) is 5.80. The summed E-state index contributed by atoms with van der Waals surface area (Å²) in [6, 6.07) is 7.19. The lowest BCUT2D eigenvalue weighted by Gasteiger charge is -2.33. The van der Waals surface area contributed by atoms with Crippen molar-refractivity contribution in [1.82, 2.24) is 5.32 Å². The summed E-state index contributed by atoms with van der Waals surface area (Å²) in [6.07, 6.45) is 1.91. The van der Waals surface area contributed by atoms with E-state index in [0.29, 0.717) is 5.92 Å². The summed E-state index contributed by atoms with van der Waals surface area (Å²) in [7, 11) is 0. The van der Waals surface area contributed by atoms with Gasteiger partial charge in [-0.25, -0.2) is 4.39 Å². The molecule has 0 spiro atoms. The van der Waals surface area contributed by atoms with Gasteiger partial charge < -0.3 is 5.32 Å². The molecule has 0 saturated carbocycles. The number of halogens is 1. The minimum absolute atomic E-state index is 0.0763. The maximum Gasteiger partial charge on any atom is 0.127 e. The van der Waals surface area contributed by atoms with E-state index in [9.17, 15) is 4.39 Å². The molecule has 2 heteroatoms. The van der Waals surface area contributed by atoms with Gasteiger partial charge in [-0.2, -0.15) is 0 Å². The minimum atomic E-state index is -0.0831. The highest BCUT2D eigenvalue weighted by Gasteiger charge is 2.30. The average molecular weight is 251 g/mol. The Morgan fingerprint density at radius 3 is 2.28 bits per heavy atom. The normalized spacial score (nSPS) is 12.1. The van der Waals surface area contributed by atoms with Gasteiger partial charge in [0, 0.05) is 12.0 Å². The number of hydrogen-bond acceptors (Lipinski definition) is 1. The van der Waals surface area contributed by atoms with Gasteiger partial charge in [0.15, 0.2) is 0 Å². The molecule has 102 valence electrons. The smallest absolute Gasteiger partial charge is 0.127 e. The first-order valence-corrected chi connectivity index (χ1v) is 7.01. The molecule has 0 bridgehead atoms. The van der Waals surface area contributed by atoms with E-state index in [2.05, 4.69) is 33.0 Å². The van der Waals surface area contributed by atoms with Crippen molar-refractivity contribution >= 4 is 0 Å². The molecule has 1 N–H and O–H groups in total. The third kappa shape index (κ3) is 3.55. The average Bonchev–Trinajstić information content (AvgIpc) is 2.36. The molecule has 18 heavy (non-hydrogen) atoms. The molecule has 0 saturated heterocycles. The van der Waals surface area contributed by atoms with Gasteiger partial charge in [-0.3, -0.25) is 0 Å². The molecule has 0 unspecified atom stereocenters. The Morgan fingerprint density at radius 1 is 1.17 bits per heavy atom. The van der Waals surface area contributed by atoms with E-state index in [1.807, 2.05) is 12.1 Å². The van der Waals surface area contributed by atoms with Gasteiger partial charge in [0.1, 0.15) is 5.82 Å². The summed E-state index contributed by atoms with van der Waals surface area (Å²) in [4.78, 5) is 0. The third-order valence-corrected chi connectivity index (χ3v) is 3.81. The molecule has 0 atom stereocenters. The lowest BCUT2D eigenvalue weighted by atomic mass is 9.75. The summed E-state index contributed by atoms with van der Waals surface area (Å²) in [5.41, 5.74) is 0.770. The Hall–Kier alpha value is -0.890. The number of rotatable bonds is 7. The maximum absolute atomic E-state index is 14.0. The van der Waals surface area contributed by atoms with Crippen LogP contribution in [-0.4, -0.2) is 13.1 Å². The third-order valence-electron chi connectivity index (χ3n) is 3.81. The Morgan fingerprint density at radius 2 is 1.78 bits per heavy atom. The van der Waals surface area contributed by atoms with Gasteiger partial charge in [-0.15, -0.1) is 0 Å². The summed E-state index contributed by atoms with van der Waals surface area (Å²) >= 11 is 0. The van der Waals surface area contributed by atoms with E-state index < -0.39 is 0 Å². The predicted octanol–water partition coefficient (Wildman–Crippen LogP) is 4.13. The van der Waals surface area contributed by atoms with Crippen molar-refractivity contribution in [2.45, 2.75) is 46.0 Å². The molecule has 0 heterocycles. The zero-order valence-corrected chi connectivity index (χ0v) is 12.1. The second-order valence-corrected chi connectivity index (χ2v) is 5.49. The molecule has 1 nitrogen and oxygen atoms in total. The second kappa shape index (κ2) is 6.89. The summed E-state index contributed by atoms with van der Waals surface area (Å²) in [6.45, 7) is 10.5. The number of benzene rings is 1. The quantitative estimate of drug-likeness (QED) is 0.768. The number of nitrogens with one attached hydrogen (secondary N) is 1. The van der Waals surface area contributed by atoms with Crippen molar-refractivity contribution < 1.29 is 4.39 Å². The van der Waals surface area contributed by atoms with Crippen LogP contribution in [0.25, 0.3) is 0 Å². The molecule has 0 aliphatic heterocycles. The summed E-state index contributed by atoms with van der Waals surface area (Å²) in [5.74, 6) is 0.546. The van der Waals surface area contributed by atoms with Gasteiger partial charge in [0.25, 0.3) is 0 Å². The van der Waals surface area contributed by atoms with E-state index in [0.717, 1.165) is 31.5 Å². The van der Waals surface area contributed by atoms with E-state index >= 15 is 0 Å². The fraction of sp³-hybridized carbons (Fsp3) is 0.625. The molecular weight excluding hydrogens is 225 g/mol. The molecular formula is C16H26FN. The number of hydrogen-bond donors (Lipinski definition) is 1. The van der Waals surface area contributed by atoms with Crippen LogP contribution in [0.1, 0.15) is 46.1 Å². The highest BCUT2D eigenvalue weighted by molar-refractivity contribution is 5.27. The standard InChI is InChI=1S/C16H26FN/c1-5-16(6-2,12-18-11-13(3)4)14-9-7-8-10-15(14)17/h7-10,13,18H,5-6,11-12H2,1-4H3. The van der Waals surface area contributed by atoms with Crippen LogP contribution in [0.2, 0.25) is 0 Å². The first kappa shape index (κ1) is 15.2. The van der Waals surface area contributed by atoms with E-state index in [-0.39, 0.29) is 11.2 Å². The first-order valence-electron chi connectivity index (χ1n) is 7.01. The SMILES string of the molecule is CCC(CC)(CNCC(C)C)c1ccccc1F. The van der Waals surface area contributed by atoms with Crippen LogP contribution in [0.3, 0.4) is 0 Å². The molecule has 1 aromatic carbocycles. The lowest BCUT2D eigenvalue weighted by Crippen LogP contribution is -2.39. The van der Waals surface area contributed by atoms with Crippen LogP contribution in [0.4, 0.5) is 4.39 Å². The maximum atomic E-state index is 14.0. The lowest BCUT2D eigenvalue weighted by molar-refractivity contribution is 0.346. The molecule has 1 aromatic rings. The van der Waals surface area contributed by atoms with Gasteiger partial charge in [-0.05, 0) is 36.9 Å². The van der Waals surface area contributed by atoms with E-state index in [1.165, 1.54) is 0 Å². The summed E-state index contributed by atoms with van der Waals surface area (Å²) < 4.78 is 14.0. The van der Waals surface area contributed by atoms with Crippen LogP contribution in [-0.2, 0) is 5.41 Å². The van der Waals surface area contributed by atoms with Crippen LogP contribution in [0.15, 0.2) is 24.3 Å². The second-order valence-electron chi connectivity index (χ2n) is 5.49. The highest BCUT2D eigenvalue weighted by atomic mass is 19.1. The molecule has 1 rings (SSSR count). The van der Waals surface area contributed by atoms with Crippen molar-refractivity contribution in [3.63, 3.8) is 0 Å². The summed E-state index contributed by atoms with van der Waals surface area (Å²) in [5, 5.41) is 3.49. The Balaban J connectivity index is 2.89. The van der Waals surface area contributed by atoms with Gasteiger partial charge in [0.2, 0.25) is 0 Å². The van der Waals surface area contributed by atoms with Gasteiger partial charge >= 0.3 is 0 Å². The predicted molar refractivity (Wildman–Crippen MR) is 76.4 cm³/mol.